The van der Waals surface area contributed by atoms with Gasteiger partial charge in [-0.2, -0.15) is 0 Å². The minimum absolute atomic E-state index is 0.693. The molecule has 0 bridgehead atoms. The molecular formula is C18H16N4OS2. The lowest BCUT2D eigenvalue weighted by Gasteiger charge is -2.04. The minimum Gasteiger partial charge on any atom is -0.356 e. The highest BCUT2D eigenvalue weighted by molar-refractivity contribution is 7.98. The standard InChI is InChI=1S/C18H16N4OS2/c1-2-22-17(16-9-6-10-24-16)19-20-18(22)25-12-14-11-15(23-21-14)13-7-4-3-5-8-13/h3-11H,2,12H2,1H3. The lowest BCUT2D eigenvalue weighted by atomic mass is 10.2. The van der Waals surface area contributed by atoms with Gasteiger partial charge < -0.3 is 9.09 Å². The predicted octanol–water partition coefficient (Wildman–Crippen LogP) is 4.97. The SMILES string of the molecule is CCn1c(SCc2cc(-c3ccccc3)on2)nnc1-c1cccs1. The van der Waals surface area contributed by atoms with Gasteiger partial charge in [-0.1, -0.05) is 53.3 Å². The van der Waals surface area contributed by atoms with Gasteiger partial charge in [0.25, 0.3) is 0 Å². The number of benzene rings is 1. The van der Waals surface area contributed by atoms with Gasteiger partial charge >= 0.3 is 0 Å². The predicted molar refractivity (Wildman–Crippen MR) is 101 cm³/mol. The van der Waals surface area contributed by atoms with Crippen molar-refractivity contribution in [3.63, 3.8) is 0 Å². The number of thiophene rings is 1. The zero-order chi connectivity index (χ0) is 17.1. The molecule has 5 nitrogen and oxygen atoms in total. The molecule has 0 amide bonds. The molecule has 0 N–H and O–H groups in total. The third kappa shape index (κ3) is 3.38. The van der Waals surface area contributed by atoms with Crippen LogP contribution in [0, 0.1) is 0 Å². The van der Waals surface area contributed by atoms with E-state index in [1.54, 1.807) is 23.1 Å². The summed E-state index contributed by atoms with van der Waals surface area (Å²) in [5.41, 5.74) is 1.93. The Morgan fingerprint density at radius 3 is 2.76 bits per heavy atom. The molecule has 126 valence electrons. The monoisotopic (exact) mass is 368 g/mol. The molecule has 25 heavy (non-hydrogen) atoms. The Balaban J connectivity index is 1.50. The molecule has 1 aromatic carbocycles. The molecular weight excluding hydrogens is 352 g/mol. The summed E-state index contributed by atoms with van der Waals surface area (Å²) in [7, 11) is 0. The molecule has 4 rings (SSSR count). The van der Waals surface area contributed by atoms with Crippen LogP contribution in [0.1, 0.15) is 12.6 Å². The third-order valence-electron chi connectivity index (χ3n) is 3.74. The van der Waals surface area contributed by atoms with Gasteiger partial charge in [-0.05, 0) is 18.4 Å². The smallest absolute Gasteiger partial charge is 0.191 e. The van der Waals surface area contributed by atoms with E-state index in [9.17, 15) is 0 Å². The van der Waals surface area contributed by atoms with Crippen LogP contribution in [0.2, 0.25) is 0 Å². The van der Waals surface area contributed by atoms with Gasteiger partial charge in [-0.25, -0.2) is 0 Å². The molecule has 3 aromatic heterocycles. The van der Waals surface area contributed by atoms with Crippen LogP contribution in [0.25, 0.3) is 22.0 Å². The highest BCUT2D eigenvalue weighted by Crippen LogP contribution is 2.29. The van der Waals surface area contributed by atoms with Crippen LogP contribution < -0.4 is 0 Å². The summed E-state index contributed by atoms with van der Waals surface area (Å²) in [6.45, 7) is 2.94. The highest BCUT2D eigenvalue weighted by atomic mass is 32.2. The van der Waals surface area contributed by atoms with Crippen molar-refractivity contribution in [1.29, 1.82) is 0 Å². The normalized spacial score (nSPS) is 11.1. The van der Waals surface area contributed by atoms with Gasteiger partial charge in [0.1, 0.15) is 0 Å². The van der Waals surface area contributed by atoms with Crippen molar-refractivity contribution >= 4 is 23.1 Å². The molecule has 7 heteroatoms. The number of aromatic nitrogens is 4. The van der Waals surface area contributed by atoms with Crippen LogP contribution in [0.4, 0.5) is 0 Å². The Labute approximate surface area is 153 Å². The first-order valence-corrected chi connectivity index (χ1v) is 9.82. The first-order valence-electron chi connectivity index (χ1n) is 7.96. The molecule has 0 saturated carbocycles. The summed E-state index contributed by atoms with van der Waals surface area (Å²) in [6, 6.07) is 16.1. The minimum atomic E-state index is 0.693. The van der Waals surface area contributed by atoms with Crippen LogP contribution in [-0.4, -0.2) is 19.9 Å². The molecule has 0 fully saturated rings. The van der Waals surface area contributed by atoms with E-state index in [1.807, 2.05) is 42.5 Å². The maximum Gasteiger partial charge on any atom is 0.191 e. The molecule has 4 aromatic rings. The zero-order valence-electron chi connectivity index (χ0n) is 13.6. The Morgan fingerprint density at radius 2 is 2.00 bits per heavy atom. The molecule has 0 aliphatic carbocycles. The van der Waals surface area contributed by atoms with Gasteiger partial charge in [0.05, 0.1) is 10.6 Å². The van der Waals surface area contributed by atoms with Gasteiger partial charge in [-0.15, -0.1) is 21.5 Å². The van der Waals surface area contributed by atoms with Gasteiger partial charge in [0.2, 0.25) is 0 Å². The molecule has 0 aliphatic rings. The van der Waals surface area contributed by atoms with Crippen molar-refractivity contribution in [3.05, 3.63) is 59.6 Å². The van der Waals surface area contributed by atoms with Crippen LogP contribution in [0.5, 0.6) is 0 Å². The second kappa shape index (κ2) is 7.25. The summed E-state index contributed by atoms with van der Waals surface area (Å²) in [4.78, 5) is 1.13. The maximum atomic E-state index is 5.46. The Morgan fingerprint density at radius 1 is 1.12 bits per heavy atom. The highest BCUT2D eigenvalue weighted by Gasteiger charge is 2.15. The van der Waals surface area contributed by atoms with E-state index in [1.165, 1.54) is 0 Å². The Hall–Kier alpha value is -2.38. The van der Waals surface area contributed by atoms with E-state index in [0.717, 1.165) is 39.4 Å². The van der Waals surface area contributed by atoms with Crippen LogP contribution >= 0.6 is 23.1 Å². The van der Waals surface area contributed by atoms with Crippen LogP contribution in [0.15, 0.2) is 63.6 Å². The topological polar surface area (TPSA) is 56.7 Å². The second-order valence-corrected chi connectivity index (χ2v) is 7.26. The average molecular weight is 368 g/mol. The van der Waals surface area contributed by atoms with E-state index in [0.29, 0.717) is 5.75 Å². The summed E-state index contributed by atoms with van der Waals surface area (Å²) in [6.07, 6.45) is 0. The summed E-state index contributed by atoms with van der Waals surface area (Å²) >= 11 is 3.30. The fourth-order valence-corrected chi connectivity index (χ4v) is 4.13. The molecule has 0 radical (unpaired) electrons. The number of hydrogen-bond donors (Lipinski definition) is 0. The summed E-state index contributed by atoms with van der Waals surface area (Å²) < 4.78 is 7.59. The Kier molecular flexibility index (Phi) is 4.67. The van der Waals surface area contributed by atoms with E-state index in [-0.39, 0.29) is 0 Å². The summed E-state index contributed by atoms with van der Waals surface area (Å²) in [5, 5.41) is 15.8. The number of hydrogen-bond acceptors (Lipinski definition) is 6. The number of nitrogens with zero attached hydrogens (tertiary/aromatic N) is 4. The second-order valence-electron chi connectivity index (χ2n) is 5.36. The summed E-state index contributed by atoms with van der Waals surface area (Å²) in [5.74, 6) is 2.40. The van der Waals surface area contributed by atoms with Gasteiger partial charge in [0.15, 0.2) is 16.7 Å². The Bertz CT molecular complexity index is 945. The first kappa shape index (κ1) is 16.1. The van der Waals surface area contributed by atoms with Crippen LogP contribution in [0.3, 0.4) is 0 Å². The lowest BCUT2D eigenvalue weighted by Crippen LogP contribution is -1.99. The van der Waals surface area contributed by atoms with Gasteiger partial charge in [-0.3, -0.25) is 0 Å². The molecule has 0 aliphatic heterocycles. The molecule has 0 saturated heterocycles. The van der Waals surface area contributed by atoms with Crippen molar-refractivity contribution in [1.82, 2.24) is 19.9 Å². The first-order chi connectivity index (χ1) is 12.3. The average Bonchev–Trinajstić information content (AvgIpc) is 3.39. The number of rotatable bonds is 6. The number of thioether (sulfide) groups is 1. The van der Waals surface area contributed by atoms with Crippen molar-refractivity contribution in [2.45, 2.75) is 24.4 Å². The van der Waals surface area contributed by atoms with Crippen molar-refractivity contribution in [2.75, 3.05) is 0 Å². The maximum absolute atomic E-state index is 5.46. The van der Waals surface area contributed by atoms with E-state index >= 15 is 0 Å². The zero-order valence-corrected chi connectivity index (χ0v) is 15.3. The fraction of sp³-hybridized carbons (Fsp3) is 0.167. The third-order valence-corrected chi connectivity index (χ3v) is 5.61. The van der Waals surface area contributed by atoms with Crippen molar-refractivity contribution < 1.29 is 4.52 Å². The van der Waals surface area contributed by atoms with Crippen molar-refractivity contribution in [2.24, 2.45) is 0 Å². The van der Waals surface area contributed by atoms with E-state index in [4.69, 9.17) is 4.52 Å². The van der Waals surface area contributed by atoms with E-state index in [2.05, 4.69) is 38.3 Å². The fourth-order valence-electron chi connectivity index (χ4n) is 2.53. The van der Waals surface area contributed by atoms with Crippen LogP contribution in [-0.2, 0) is 12.3 Å². The van der Waals surface area contributed by atoms with E-state index < -0.39 is 0 Å². The molecule has 0 spiro atoms. The van der Waals surface area contributed by atoms with Crippen molar-refractivity contribution in [3.8, 4) is 22.0 Å². The van der Waals surface area contributed by atoms with Gasteiger partial charge in [0, 0.05) is 23.9 Å². The molecule has 0 unspecified atom stereocenters. The molecule has 3 heterocycles. The quantitative estimate of drug-likeness (QED) is 0.450. The largest absolute Gasteiger partial charge is 0.356 e. The molecule has 0 atom stereocenters. The lowest BCUT2D eigenvalue weighted by molar-refractivity contribution is 0.426.